The van der Waals surface area contributed by atoms with Gasteiger partial charge in [-0.15, -0.1) is 0 Å². The van der Waals surface area contributed by atoms with E-state index in [1.807, 2.05) is 13.0 Å². The van der Waals surface area contributed by atoms with Crippen molar-refractivity contribution in [2.45, 2.75) is 134 Å². The maximum absolute atomic E-state index is 14.9. The Kier molecular flexibility index (Phi) is 11.9. The average molecular weight is 790 g/mol. The third-order valence-electron chi connectivity index (χ3n) is 13.1. The quantitative estimate of drug-likeness (QED) is 0.102. The minimum atomic E-state index is -2.23. The summed E-state index contributed by atoms with van der Waals surface area (Å²) in [6, 6.07) is 16.3. The molecule has 10 atom stereocenters. The number of aliphatic hydroxyl groups excluding tert-OH is 2. The monoisotopic (exact) mass is 789 g/mol. The number of aliphatic hydroxyl groups is 3. The van der Waals surface area contributed by atoms with Crippen LogP contribution in [-0.4, -0.2) is 93.2 Å². The summed E-state index contributed by atoms with van der Waals surface area (Å²) >= 11 is 0. The van der Waals surface area contributed by atoms with E-state index in [0.29, 0.717) is 17.6 Å². The first-order valence-corrected chi connectivity index (χ1v) is 19.9. The Labute approximate surface area is 333 Å². The molecule has 2 bridgehead atoms. The van der Waals surface area contributed by atoms with Gasteiger partial charge in [0.15, 0.2) is 11.4 Å². The van der Waals surface area contributed by atoms with Crippen LogP contribution < -0.4 is 5.32 Å². The first kappa shape index (κ1) is 42.2. The number of fused-ring (bicyclic) bond motifs is 5. The van der Waals surface area contributed by atoms with Crippen LogP contribution in [0, 0.1) is 16.7 Å². The van der Waals surface area contributed by atoms with Crippen molar-refractivity contribution in [1.82, 2.24) is 5.32 Å². The second-order valence-electron chi connectivity index (χ2n) is 16.8. The highest BCUT2D eigenvalue weighted by Gasteiger charge is 2.78. The van der Waals surface area contributed by atoms with Gasteiger partial charge in [0.25, 0.3) is 0 Å². The molecule has 3 aliphatic carbocycles. The molecule has 1 saturated heterocycles. The van der Waals surface area contributed by atoms with Crippen molar-refractivity contribution in [3.63, 3.8) is 0 Å². The van der Waals surface area contributed by atoms with Crippen LogP contribution in [0.15, 0.2) is 71.8 Å². The van der Waals surface area contributed by atoms with Gasteiger partial charge in [0.05, 0.1) is 42.1 Å². The fourth-order valence-electron chi connectivity index (χ4n) is 9.89. The van der Waals surface area contributed by atoms with Gasteiger partial charge in [0.2, 0.25) is 5.91 Å². The summed E-state index contributed by atoms with van der Waals surface area (Å²) < 4.78 is 24.4. The van der Waals surface area contributed by atoms with Crippen molar-refractivity contribution in [1.29, 1.82) is 0 Å². The normalized spacial score (nSPS) is 33.2. The number of carbonyl (C=O) groups is 5. The molecule has 0 unspecified atom stereocenters. The van der Waals surface area contributed by atoms with Crippen molar-refractivity contribution in [2.75, 3.05) is 6.61 Å². The molecule has 6 rings (SSSR count). The number of unbranched alkanes of at least 4 members (excludes halogenated alkanes) is 2. The molecular formula is C44H55NO12. The molecule has 2 saturated carbocycles. The van der Waals surface area contributed by atoms with Crippen LogP contribution in [0.4, 0.5) is 0 Å². The minimum Gasteiger partial charge on any atom is -0.458 e. The number of hydrogen-bond acceptors (Lipinski definition) is 12. The fraction of sp³-hybridized carbons (Fsp3) is 0.568. The largest absolute Gasteiger partial charge is 0.458 e. The van der Waals surface area contributed by atoms with Gasteiger partial charge >= 0.3 is 17.9 Å². The number of hydrogen-bond donors (Lipinski definition) is 4. The Morgan fingerprint density at radius 2 is 1.61 bits per heavy atom. The molecule has 0 spiro atoms. The van der Waals surface area contributed by atoms with E-state index in [2.05, 4.69) is 5.32 Å². The van der Waals surface area contributed by atoms with Gasteiger partial charge < -0.3 is 39.6 Å². The molecule has 57 heavy (non-hydrogen) atoms. The SMILES string of the molecule is CCCCCC(=O)N[C@H](CC(=O)O[C@H]1C[C@]2(O)[C@@H](OC(=O)c3ccccc3)[C@H]3[C@]4(OC(C)=O)CO[C@H]4C[C@@H](O)[C@@]3(C)C(=O)[C@H](O)C(=C1C)C2(C)C)c1ccccc1. The van der Waals surface area contributed by atoms with Crippen molar-refractivity contribution >= 4 is 29.6 Å². The topological polar surface area (TPSA) is 195 Å². The number of esters is 3. The van der Waals surface area contributed by atoms with Crippen LogP contribution >= 0.6 is 0 Å². The van der Waals surface area contributed by atoms with Gasteiger partial charge in [-0.3, -0.25) is 19.2 Å². The van der Waals surface area contributed by atoms with Gasteiger partial charge in [-0.05, 0) is 49.1 Å². The van der Waals surface area contributed by atoms with E-state index in [9.17, 15) is 39.3 Å². The van der Waals surface area contributed by atoms with E-state index in [-0.39, 0.29) is 49.3 Å². The van der Waals surface area contributed by atoms with Crippen molar-refractivity contribution in [3.05, 3.63) is 82.9 Å². The zero-order valence-corrected chi connectivity index (χ0v) is 33.5. The average Bonchev–Trinajstić information content (AvgIpc) is 3.16. The van der Waals surface area contributed by atoms with Crippen LogP contribution in [0.25, 0.3) is 0 Å². The molecule has 4 aliphatic rings. The second kappa shape index (κ2) is 16.1. The van der Waals surface area contributed by atoms with Gasteiger partial charge in [0, 0.05) is 31.6 Å². The third kappa shape index (κ3) is 7.32. The first-order valence-electron chi connectivity index (χ1n) is 19.9. The van der Waals surface area contributed by atoms with Crippen molar-refractivity contribution < 1.29 is 58.2 Å². The number of amides is 1. The molecule has 308 valence electrons. The minimum absolute atomic E-state index is 0.0454. The Morgan fingerprint density at radius 3 is 2.21 bits per heavy atom. The molecule has 3 fully saturated rings. The maximum atomic E-state index is 14.9. The number of Topliss-reactive ketones (excluding diaryl/α,β-unsaturated/α-hetero) is 1. The highest BCUT2D eigenvalue weighted by molar-refractivity contribution is 5.94. The summed E-state index contributed by atoms with van der Waals surface area (Å²) in [5, 5.41) is 40.4. The van der Waals surface area contributed by atoms with E-state index >= 15 is 0 Å². The molecule has 0 aromatic heterocycles. The summed E-state index contributed by atoms with van der Waals surface area (Å²) in [6.45, 7) is 9.24. The van der Waals surface area contributed by atoms with E-state index < -0.39 is 88.2 Å². The first-order chi connectivity index (χ1) is 26.9. The zero-order chi connectivity index (χ0) is 41.5. The molecule has 0 radical (unpaired) electrons. The third-order valence-corrected chi connectivity index (χ3v) is 13.1. The fourth-order valence-corrected chi connectivity index (χ4v) is 9.89. The Hall–Kier alpha value is -4.43. The standard InChI is InChI=1S/C44H55NO12/c1-7-8-11-20-33(48)45-29(27-16-12-9-13-17-27)21-34(49)55-30-23-44(53)39(56-40(52)28-18-14-10-15-19-28)37-42(6,38(51)36(50)35(25(30)2)41(44,4)5)31(47)22-32-43(37,24-54-32)57-26(3)46/h9-10,12-19,29-32,36-37,39,47,50,53H,7-8,11,20-24H2,1-6H3,(H,45,48)/t29-,30+,31-,32+,36-,37-,39+,42-,43+,44+/m1/s1. The van der Waals surface area contributed by atoms with Crippen molar-refractivity contribution in [3.8, 4) is 0 Å². The van der Waals surface area contributed by atoms with Crippen molar-refractivity contribution in [2.24, 2.45) is 16.7 Å². The van der Waals surface area contributed by atoms with E-state index in [1.54, 1.807) is 63.2 Å². The molecular weight excluding hydrogens is 734 g/mol. The Bertz CT molecular complexity index is 1900. The Balaban J connectivity index is 1.45. The van der Waals surface area contributed by atoms with Gasteiger partial charge in [-0.1, -0.05) is 82.1 Å². The van der Waals surface area contributed by atoms with Gasteiger partial charge in [-0.2, -0.15) is 0 Å². The smallest absolute Gasteiger partial charge is 0.338 e. The summed E-state index contributed by atoms with van der Waals surface area (Å²) in [5.41, 5.74) is -6.24. The van der Waals surface area contributed by atoms with E-state index in [0.717, 1.165) is 12.8 Å². The van der Waals surface area contributed by atoms with E-state index in [1.165, 1.54) is 26.0 Å². The summed E-state index contributed by atoms with van der Waals surface area (Å²) in [4.78, 5) is 68.9. The number of ketones is 1. The second-order valence-corrected chi connectivity index (χ2v) is 16.8. The molecule has 1 heterocycles. The maximum Gasteiger partial charge on any atom is 0.338 e. The van der Waals surface area contributed by atoms with Gasteiger partial charge in [-0.25, -0.2) is 4.79 Å². The molecule has 13 heteroatoms. The van der Waals surface area contributed by atoms with Crippen LogP contribution in [0.1, 0.15) is 108 Å². The lowest BCUT2D eigenvalue weighted by Gasteiger charge is -2.67. The lowest BCUT2D eigenvalue weighted by Crippen LogP contribution is -2.81. The zero-order valence-electron chi connectivity index (χ0n) is 33.5. The highest BCUT2D eigenvalue weighted by Crippen LogP contribution is 2.64. The molecule has 1 aliphatic heterocycles. The molecule has 2 aromatic carbocycles. The molecule has 4 N–H and O–H groups in total. The molecule has 1 amide bonds. The summed E-state index contributed by atoms with van der Waals surface area (Å²) in [6.07, 6.45) is -5.30. The lowest BCUT2D eigenvalue weighted by molar-refractivity contribution is -0.345. The number of ether oxygens (including phenoxy) is 4. The number of nitrogens with one attached hydrogen (secondary N) is 1. The lowest BCUT2D eigenvalue weighted by atomic mass is 9.44. The number of carbonyl (C=O) groups excluding carboxylic acids is 5. The number of benzene rings is 2. The van der Waals surface area contributed by atoms with Crippen LogP contribution in [0.2, 0.25) is 0 Å². The van der Waals surface area contributed by atoms with Crippen LogP contribution in [0.3, 0.4) is 0 Å². The summed E-state index contributed by atoms with van der Waals surface area (Å²) in [7, 11) is 0. The van der Waals surface area contributed by atoms with Crippen LogP contribution in [0.5, 0.6) is 0 Å². The van der Waals surface area contributed by atoms with E-state index in [4.69, 9.17) is 18.9 Å². The highest BCUT2D eigenvalue weighted by atomic mass is 16.6. The molecule has 2 aromatic rings. The number of rotatable bonds is 12. The van der Waals surface area contributed by atoms with Crippen LogP contribution in [-0.2, 0) is 38.1 Å². The predicted octanol–water partition coefficient (Wildman–Crippen LogP) is 4.46. The summed E-state index contributed by atoms with van der Waals surface area (Å²) in [5.74, 6) is -4.84. The predicted molar refractivity (Wildman–Crippen MR) is 205 cm³/mol. The Morgan fingerprint density at radius 1 is 0.965 bits per heavy atom. The van der Waals surface area contributed by atoms with Gasteiger partial charge in [0.1, 0.15) is 30.0 Å². The molecule has 13 nitrogen and oxygen atoms in total.